The number of rotatable bonds is 23. The van der Waals surface area contributed by atoms with Crippen LogP contribution < -0.4 is 0 Å². The van der Waals surface area contributed by atoms with E-state index in [0.29, 0.717) is 32.2 Å². The molecule has 0 aromatic heterocycles. The van der Waals surface area contributed by atoms with E-state index in [1.807, 2.05) is 5.23 Å². The molecular weight excluding hydrogens is 788 g/mol. The molecule has 1 N–H and O–H groups in total. The smallest absolute Gasteiger partial charge is 0.187 e. The molecule has 15 unspecified atom stereocenters. The predicted octanol–water partition coefficient (Wildman–Crippen LogP) is 0.633. The molecule has 19 heteroatoms. The van der Waals surface area contributed by atoms with Crippen molar-refractivity contribution in [2.75, 3.05) is 110 Å². The number of carbonyl (C=O) groups excluding carboxylic acids is 1. The molecule has 0 aliphatic carbocycles. The van der Waals surface area contributed by atoms with Crippen LogP contribution in [-0.2, 0) is 90.7 Å². The van der Waals surface area contributed by atoms with Crippen LogP contribution in [0.4, 0.5) is 0 Å². The summed E-state index contributed by atoms with van der Waals surface area (Å²) in [6, 6.07) is 0. The lowest BCUT2D eigenvalue weighted by molar-refractivity contribution is -0.311. The van der Waals surface area contributed by atoms with Gasteiger partial charge in [0, 0.05) is 71.1 Å². The molecule has 3 heterocycles. The Kier molecular flexibility index (Phi) is 29.3. The van der Waals surface area contributed by atoms with E-state index in [9.17, 15) is 9.90 Å². The zero-order valence-electron chi connectivity index (χ0n) is 35.8. The lowest BCUT2D eigenvalue weighted by Crippen LogP contribution is -2.61. The Bertz CT molecular complexity index is 1220. The maximum atomic E-state index is 10.7. The molecule has 0 aromatic carbocycles. The van der Waals surface area contributed by atoms with Crippen LogP contribution in [-0.4, -0.2) is 218 Å². The topological polar surface area (TPSA) is 185 Å². The molecule has 3 aliphatic heterocycles. The summed E-state index contributed by atoms with van der Waals surface area (Å²) >= 11 is 0. The normalized spacial score (nSPS) is 34.8. The summed E-state index contributed by atoms with van der Waals surface area (Å²) in [6.45, 7) is 12.0. The zero-order valence-corrected chi connectivity index (χ0v) is 36.6. The van der Waals surface area contributed by atoms with Gasteiger partial charge in [-0.15, -0.1) is 19.7 Å². The van der Waals surface area contributed by atoms with Crippen LogP contribution in [0.1, 0.15) is 0 Å². The number of aliphatic hydroxyl groups is 1. The lowest BCUT2D eigenvalue weighted by Gasteiger charge is -2.45. The molecule has 340 valence electrons. The summed E-state index contributed by atoms with van der Waals surface area (Å²) < 4.78 is 88.0. The van der Waals surface area contributed by atoms with Gasteiger partial charge in [-0.2, -0.15) is 0 Å². The van der Waals surface area contributed by atoms with Crippen molar-refractivity contribution in [3.8, 4) is 0 Å². The summed E-state index contributed by atoms with van der Waals surface area (Å²) in [5.41, 5.74) is 0. The molecule has 3 fully saturated rings. The SMILES string of the molecule is C=CCOC1OC(CO)C(OC)C(OC)C1OC.C=CCOC1OC(COC)C(OC)C(OC)C1OC.C=CCOC1OC(C[S-](=C)=C=O)C(OC)C(OC)C1OC. The third-order valence-corrected chi connectivity index (χ3v) is 10.3. The van der Waals surface area contributed by atoms with Crippen molar-refractivity contribution >= 4 is 21.2 Å². The fraction of sp³-hybridized carbons (Fsp3) is 0.795. The van der Waals surface area contributed by atoms with Crippen LogP contribution in [0.15, 0.2) is 38.0 Å². The number of methoxy groups -OCH3 is 10. The van der Waals surface area contributed by atoms with Gasteiger partial charge in [-0.25, -0.2) is 5.87 Å². The largest absolute Gasteiger partial charge is 0.394 e. The van der Waals surface area contributed by atoms with Gasteiger partial charge in [0.1, 0.15) is 67.1 Å². The van der Waals surface area contributed by atoms with Crippen molar-refractivity contribution in [3.05, 3.63) is 38.0 Å². The molecule has 0 saturated carbocycles. The Balaban J connectivity index is 0.000000436. The molecule has 3 saturated heterocycles. The Morgan fingerprint density at radius 1 is 0.517 bits per heavy atom. The highest BCUT2D eigenvalue weighted by Crippen LogP contribution is 2.30. The minimum atomic E-state index is -0.780. The quantitative estimate of drug-likeness (QED) is 0.0857. The van der Waals surface area contributed by atoms with Crippen molar-refractivity contribution in [1.82, 2.24) is 0 Å². The maximum absolute atomic E-state index is 10.7. The maximum Gasteiger partial charge on any atom is 0.187 e. The molecule has 18 nitrogen and oxygen atoms in total. The summed E-state index contributed by atoms with van der Waals surface area (Å²) in [4.78, 5) is 10.7. The second-order valence-corrected chi connectivity index (χ2v) is 14.2. The highest BCUT2D eigenvalue weighted by Gasteiger charge is 2.49. The van der Waals surface area contributed by atoms with Crippen molar-refractivity contribution in [2.45, 2.75) is 92.1 Å². The van der Waals surface area contributed by atoms with Crippen LogP contribution in [0, 0.1) is 0 Å². The minimum absolute atomic E-state index is 0.178. The third-order valence-electron chi connectivity index (χ3n) is 9.35. The van der Waals surface area contributed by atoms with E-state index >= 15 is 0 Å². The molecular formula is C39H69O18S-. The van der Waals surface area contributed by atoms with Gasteiger partial charge in [0.25, 0.3) is 0 Å². The first-order chi connectivity index (χ1) is 28.1. The molecule has 0 bridgehead atoms. The Hall–Kier alpha value is -1.66. The third kappa shape index (κ3) is 15.7. The number of aliphatic hydroxyl groups excluding tert-OH is 1. The summed E-state index contributed by atoms with van der Waals surface area (Å²) in [5, 5.41) is 11.2. The van der Waals surface area contributed by atoms with Gasteiger partial charge in [-0.3, -0.25) is 4.79 Å². The van der Waals surface area contributed by atoms with Gasteiger partial charge in [0.2, 0.25) is 0 Å². The van der Waals surface area contributed by atoms with Crippen LogP contribution in [0.25, 0.3) is 0 Å². The van der Waals surface area contributed by atoms with Crippen molar-refractivity contribution in [2.24, 2.45) is 0 Å². The molecule has 3 rings (SSSR count). The monoisotopic (exact) mass is 857 g/mol. The zero-order chi connectivity index (χ0) is 43.6. The van der Waals surface area contributed by atoms with Crippen molar-refractivity contribution in [1.29, 1.82) is 0 Å². The Morgan fingerprint density at radius 3 is 1.12 bits per heavy atom. The highest BCUT2D eigenvalue weighted by atomic mass is 32.2. The predicted molar refractivity (Wildman–Crippen MR) is 216 cm³/mol. The molecule has 0 spiro atoms. The van der Waals surface area contributed by atoms with Gasteiger partial charge in [0.15, 0.2) is 18.9 Å². The average Bonchev–Trinajstić information content (AvgIpc) is 3.25. The second kappa shape index (κ2) is 31.2. The Morgan fingerprint density at radius 2 is 0.828 bits per heavy atom. The standard InChI is InChI=1S/C14H23O6S.C13H24O6.C12H22O6/c1-6-7-19-14-13(18-4)12(17-3)11(16-2)10(20-14)8-21(5)9-15;1-6-7-18-13-12(17-5)11(16-4)10(15-3)9(19-13)8-14-2;1-5-6-17-12-11(16-4)10(15-3)9(14-2)8(7-13)18-12/h6,10-14H,1,5,7-8H2,2-4H3;6,9-13H,1,7-8H2,2-5H3;5,8-13H,1,6-7H2,2-4H3/q-1;;. The van der Waals surface area contributed by atoms with Gasteiger partial charge in [-0.05, 0) is 5.23 Å². The van der Waals surface area contributed by atoms with Crippen molar-refractivity contribution < 1.29 is 85.7 Å². The fourth-order valence-corrected chi connectivity index (χ4v) is 7.48. The molecule has 0 radical (unpaired) electrons. The summed E-state index contributed by atoms with van der Waals surface area (Å²) in [5.74, 6) is 4.13. The second-order valence-electron chi connectivity index (χ2n) is 12.7. The minimum Gasteiger partial charge on any atom is -0.394 e. The van der Waals surface area contributed by atoms with E-state index in [-0.39, 0.29) is 55.4 Å². The molecule has 15 atom stereocenters. The highest BCUT2D eigenvalue weighted by molar-refractivity contribution is 7.92. The van der Waals surface area contributed by atoms with Gasteiger partial charge in [0.05, 0.1) is 39.1 Å². The van der Waals surface area contributed by atoms with Crippen LogP contribution in [0.3, 0.4) is 0 Å². The molecule has 0 amide bonds. The van der Waals surface area contributed by atoms with E-state index in [1.54, 1.807) is 89.3 Å². The van der Waals surface area contributed by atoms with E-state index in [0.717, 1.165) is 0 Å². The van der Waals surface area contributed by atoms with Gasteiger partial charge in [-0.1, -0.05) is 24.0 Å². The summed E-state index contributed by atoms with van der Waals surface area (Å²) in [6.07, 6.45) is -1.42. The fourth-order valence-electron chi connectivity index (χ4n) is 6.74. The molecule has 0 aromatic rings. The van der Waals surface area contributed by atoms with Crippen LogP contribution >= 0.6 is 0 Å². The first-order valence-corrected chi connectivity index (χ1v) is 20.0. The number of hydrogen-bond acceptors (Lipinski definition) is 19. The molecule has 3 aliphatic rings. The van der Waals surface area contributed by atoms with E-state index in [2.05, 4.69) is 25.6 Å². The lowest BCUT2D eigenvalue weighted by atomic mass is 9.98. The van der Waals surface area contributed by atoms with Crippen LogP contribution in [0.2, 0.25) is 0 Å². The van der Waals surface area contributed by atoms with Crippen molar-refractivity contribution in [3.63, 3.8) is 0 Å². The Labute approximate surface area is 346 Å². The van der Waals surface area contributed by atoms with E-state index in [1.165, 1.54) is 0 Å². The van der Waals surface area contributed by atoms with E-state index in [4.69, 9.17) is 75.8 Å². The molecule has 58 heavy (non-hydrogen) atoms. The summed E-state index contributed by atoms with van der Waals surface area (Å²) in [7, 11) is 15.0. The van der Waals surface area contributed by atoms with E-state index < -0.39 is 53.4 Å². The first kappa shape index (κ1) is 54.4. The number of hydrogen-bond donors (Lipinski definition) is 1. The first-order valence-electron chi connectivity index (χ1n) is 18.5. The average molecular weight is 858 g/mol. The van der Waals surface area contributed by atoms with Gasteiger partial charge >= 0.3 is 0 Å². The van der Waals surface area contributed by atoms with Crippen LogP contribution in [0.5, 0.6) is 0 Å². The number of ether oxygens (including phenoxy) is 16. The van der Waals surface area contributed by atoms with Gasteiger partial charge < -0.3 is 91.0 Å².